The summed E-state index contributed by atoms with van der Waals surface area (Å²) < 4.78 is 33.1. The SMILES string of the molecule is C=C(OCOC)C(OC(O[Si](C)(C)C)c1nc(C(=O)OCC)cs1)c1nc(C(=O)OCC)cs1. The molecule has 2 unspecified atom stereocenters. The lowest BCUT2D eigenvalue weighted by Crippen LogP contribution is -2.30. The summed E-state index contributed by atoms with van der Waals surface area (Å²) in [6, 6.07) is 0. The van der Waals surface area contributed by atoms with Crippen LogP contribution in [0.15, 0.2) is 23.1 Å². The van der Waals surface area contributed by atoms with E-state index in [1.54, 1.807) is 24.6 Å². The summed E-state index contributed by atoms with van der Waals surface area (Å²) in [7, 11) is -0.667. The number of carbonyl (C=O) groups excluding carboxylic acids is 2. The minimum atomic E-state index is -2.15. The maximum atomic E-state index is 12.1. The zero-order valence-electron chi connectivity index (χ0n) is 20.1. The zero-order chi connectivity index (χ0) is 25.3. The van der Waals surface area contributed by atoms with E-state index in [4.69, 9.17) is 28.1 Å². The molecule has 0 saturated carbocycles. The van der Waals surface area contributed by atoms with Gasteiger partial charge in [-0.25, -0.2) is 19.6 Å². The summed E-state index contributed by atoms with van der Waals surface area (Å²) in [5, 5.41) is 4.00. The van der Waals surface area contributed by atoms with Crippen LogP contribution in [0.3, 0.4) is 0 Å². The zero-order valence-corrected chi connectivity index (χ0v) is 22.7. The van der Waals surface area contributed by atoms with Gasteiger partial charge in [0.1, 0.15) is 15.8 Å². The number of carbonyl (C=O) groups is 2. The van der Waals surface area contributed by atoms with E-state index in [1.807, 2.05) is 19.6 Å². The number of methoxy groups -OCH3 is 1. The summed E-state index contributed by atoms with van der Waals surface area (Å²) >= 11 is 2.40. The number of ether oxygens (including phenoxy) is 5. The van der Waals surface area contributed by atoms with Gasteiger partial charge in [-0.05, 0) is 33.5 Å². The molecule has 188 valence electrons. The van der Waals surface area contributed by atoms with Crippen molar-refractivity contribution in [3.8, 4) is 0 Å². The quantitative estimate of drug-likeness (QED) is 0.147. The van der Waals surface area contributed by atoms with Crippen LogP contribution >= 0.6 is 22.7 Å². The minimum Gasteiger partial charge on any atom is -0.469 e. The second-order valence-electron chi connectivity index (χ2n) is 7.68. The topological polar surface area (TPSA) is 115 Å². The molecule has 34 heavy (non-hydrogen) atoms. The molecule has 2 rings (SSSR count). The van der Waals surface area contributed by atoms with Crippen LogP contribution in [0.2, 0.25) is 19.6 Å². The highest BCUT2D eigenvalue weighted by atomic mass is 32.1. The second kappa shape index (κ2) is 13.1. The first kappa shape index (κ1) is 28.1. The third-order valence-electron chi connectivity index (χ3n) is 3.81. The van der Waals surface area contributed by atoms with Crippen molar-refractivity contribution in [3.63, 3.8) is 0 Å². The van der Waals surface area contributed by atoms with Crippen LogP contribution in [0, 0.1) is 0 Å². The largest absolute Gasteiger partial charge is 0.469 e. The summed E-state index contributed by atoms with van der Waals surface area (Å²) in [5.41, 5.74) is 0.316. The molecule has 13 heteroatoms. The predicted molar refractivity (Wildman–Crippen MR) is 129 cm³/mol. The fourth-order valence-electron chi connectivity index (χ4n) is 2.46. The molecule has 0 aliphatic carbocycles. The lowest BCUT2D eigenvalue weighted by molar-refractivity contribution is -0.138. The van der Waals surface area contributed by atoms with Crippen molar-refractivity contribution in [1.82, 2.24) is 9.97 Å². The fourth-order valence-corrected chi connectivity index (χ4v) is 4.95. The molecule has 2 heterocycles. The molecule has 0 N–H and O–H groups in total. The van der Waals surface area contributed by atoms with Crippen LogP contribution in [0.25, 0.3) is 0 Å². The number of thiazole rings is 2. The highest BCUT2D eigenvalue weighted by Gasteiger charge is 2.33. The van der Waals surface area contributed by atoms with Crippen molar-refractivity contribution < 1.29 is 37.7 Å². The molecule has 0 aliphatic rings. The van der Waals surface area contributed by atoms with Gasteiger partial charge in [-0.1, -0.05) is 6.58 Å². The van der Waals surface area contributed by atoms with Crippen molar-refractivity contribution in [2.45, 2.75) is 45.9 Å². The maximum Gasteiger partial charge on any atom is 0.357 e. The number of nitrogens with zero attached hydrogens (tertiary/aromatic N) is 2. The summed E-state index contributed by atoms with van der Waals surface area (Å²) in [6.45, 7) is 13.8. The van der Waals surface area contributed by atoms with Crippen molar-refractivity contribution in [1.29, 1.82) is 0 Å². The smallest absolute Gasteiger partial charge is 0.357 e. The first-order valence-corrected chi connectivity index (χ1v) is 15.6. The van der Waals surface area contributed by atoms with Gasteiger partial charge in [0.2, 0.25) is 6.29 Å². The highest BCUT2D eigenvalue weighted by molar-refractivity contribution is 7.10. The standard InChI is InChI=1S/C21H30N2O8S2Si/c1-8-27-19(24)14-10-32-17(22-14)16(13(3)29-12-26-4)30-21(31-34(5,6)7)18-23-15(11-33-18)20(25)28-9-2/h10-11,16,21H,3,8-9,12H2,1-2,4-7H3. The molecule has 0 aliphatic heterocycles. The van der Waals surface area contributed by atoms with E-state index in [2.05, 4.69) is 16.5 Å². The van der Waals surface area contributed by atoms with Crippen LogP contribution in [-0.4, -0.2) is 57.3 Å². The van der Waals surface area contributed by atoms with E-state index in [-0.39, 0.29) is 37.2 Å². The van der Waals surface area contributed by atoms with E-state index < -0.39 is 32.6 Å². The van der Waals surface area contributed by atoms with Crippen molar-refractivity contribution >= 4 is 42.9 Å². The van der Waals surface area contributed by atoms with E-state index >= 15 is 0 Å². The monoisotopic (exact) mass is 530 g/mol. The molecule has 2 aromatic rings. The molecule has 0 aromatic carbocycles. The number of hydrogen-bond donors (Lipinski definition) is 0. The van der Waals surface area contributed by atoms with Gasteiger partial charge in [-0.3, -0.25) is 0 Å². The minimum absolute atomic E-state index is 0.0569. The summed E-state index contributed by atoms with van der Waals surface area (Å²) in [6.07, 6.45) is -1.85. The summed E-state index contributed by atoms with van der Waals surface area (Å²) in [4.78, 5) is 32.9. The van der Waals surface area contributed by atoms with Crippen LogP contribution in [0.4, 0.5) is 0 Å². The Morgan fingerprint density at radius 1 is 0.971 bits per heavy atom. The fraction of sp³-hybridized carbons (Fsp3) is 0.524. The maximum absolute atomic E-state index is 12.1. The third-order valence-corrected chi connectivity index (χ3v) is 6.49. The molecule has 0 spiro atoms. The van der Waals surface area contributed by atoms with Gasteiger partial charge < -0.3 is 28.1 Å². The Balaban J connectivity index is 2.39. The Hall–Kier alpha value is -2.16. The Bertz CT molecular complexity index is 972. The number of hydrogen-bond acceptors (Lipinski definition) is 12. The molecule has 0 radical (unpaired) electrons. The van der Waals surface area contributed by atoms with Gasteiger partial charge >= 0.3 is 11.9 Å². The molecule has 2 aromatic heterocycles. The van der Waals surface area contributed by atoms with Crippen molar-refractivity contribution in [2.24, 2.45) is 0 Å². The summed E-state index contributed by atoms with van der Waals surface area (Å²) in [5.74, 6) is -0.862. The first-order valence-electron chi connectivity index (χ1n) is 10.5. The van der Waals surface area contributed by atoms with Gasteiger partial charge in [0.15, 0.2) is 32.6 Å². The van der Waals surface area contributed by atoms with E-state index in [0.29, 0.717) is 10.0 Å². The molecule has 0 bridgehead atoms. The molecule has 0 amide bonds. The number of rotatable bonds is 14. The van der Waals surface area contributed by atoms with Gasteiger partial charge in [-0.2, -0.15) is 0 Å². The molecule has 2 atom stereocenters. The second-order valence-corrected chi connectivity index (χ2v) is 13.9. The van der Waals surface area contributed by atoms with E-state index in [0.717, 1.165) is 0 Å². The van der Waals surface area contributed by atoms with Crippen LogP contribution in [0.5, 0.6) is 0 Å². The molecule has 0 saturated heterocycles. The molecular weight excluding hydrogens is 500 g/mol. The van der Waals surface area contributed by atoms with E-state index in [1.165, 1.54) is 29.8 Å². The van der Waals surface area contributed by atoms with Gasteiger partial charge in [0, 0.05) is 17.9 Å². The molecule has 10 nitrogen and oxygen atoms in total. The Morgan fingerprint density at radius 2 is 1.50 bits per heavy atom. The van der Waals surface area contributed by atoms with Gasteiger partial charge in [0.05, 0.1) is 13.2 Å². The lowest BCUT2D eigenvalue weighted by atomic mass is 10.3. The van der Waals surface area contributed by atoms with Crippen molar-refractivity contribution in [3.05, 3.63) is 44.5 Å². The first-order chi connectivity index (χ1) is 16.1. The Labute approximate surface area is 208 Å². The average Bonchev–Trinajstić information content (AvgIpc) is 3.45. The van der Waals surface area contributed by atoms with Crippen LogP contribution in [0.1, 0.15) is 57.2 Å². The van der Waals surface area contributed by atoms with Gasteiger partial charge in [0.25, 0.3) is 0 Å². The number of aromatic nitrogens is 2. The lowest BCUT2D eigenvalue weighted by Gasteiger charge is -2.28. The van der Waals surface area contributed by atoms with E-state index in [9.17, 15) is 9.59 Å². The number of esters is 2. The Morgan fingerprint density at radius 3 is 2.00 bits per heavy atom. The predicted octanol–water partition coefficient (Wildman–Crippen LogP) is 4.70. The molecular formula is C21H30N2O8S2Si. The third kappa shape index (κ3) is 8.25. The van der Waals surface area contributed by atoms with Crippen LogP contribution < -0.4 is 0 Å². The van der Waals surface area contributed by atoms with Crippen LogP contribution in [-0.2, 0) is 28.1 Å². The Kier molecular flexibility index (Phi) is 10.8. The normalized spacial score (nSPS) is 13.2. The molecule has 0 fully saturated rings. The highest BCUT2D eigenvalue weighted by Crippen LogP contribution is 2.37. The van der Waals surface area contributed by atoms with Crippen molar-refractivity contribution in [2.75, 3.05) is 27.1 Å². The van der Waals surface area contributed by atoms with Gasteiger partial charge in [-0.15, -0.1) is 22.7 Å². The average molecular weight is 531 g/mol.